The summed E-state index contributed by atoms with van der Waals surface area (Å²) < 4.78 is 52.6. The van der Waals surface area contributed by atoms with Crippen molar-refractivity contribution in [1.82, 2.24) is 9.55 Å². The Morgan fingerprint density at radius 3 is 2.39 bits per heavy atom. The van der Waals surface area contributed by atoms with Crippen molar-refractivity contribution in [2.24, 2.45) is 11.6 Å². The lowest BCUT2D eigenvalue weighted by Gasteiger charge is -2.26. The van der Waals surface area contributed by atoms with Crippen LogP contribution in [0.25, 0.3) is 22.5 Å². The van der Waals surface area contributed by atoms with Crippen LogP contribution in [-0.2, 0) is 9.84 Å². The van der Waals surface area contributed by atoms with E-state index in [2.05, 4.69) is 4.98 Å². The van der Waals surface area contributed by atoms with Gasteiger partial charge in [0, 0.05) is 29.2 Å². The van der Waals surface area contributed by atoms with E-state index in [4.69, 9.17) is 34.8 Å². The number of anilines is 1. The van der Waals surface area contributed by atoms with Crippen LogP contribution < -0.4 is 16.6 Å². The fourth-order valence-electron chi connectivity index (χ4n) is 3.98. The second-order valence-corrected chi connectivity index (χ2v) is 11.3. The smallest absolute Gasteiger partial charge is 0.281 e. The summed E-state index contributed by atoms with van der Waals surface area (Å²) in [6, 6.07) is 16.4. The zero-order valence-electron chi connectivity index (χ0n) is 20.2. The summed E-state index contributed by atoms with van der Waals surface area (Å²) >= 11 is 12.5. The van der Waals surface area contributed by atoms with Gasteiger partial charge in [-0.15, -0.1) is 0 Å². The number of hydrazine groups is 1. The summed E-state index contributed by atoms with van der Waals surface area (Å²) in [5.74, 6) is 6.92. The molecular weight excluding hydrogens is 555 g/mol. The van der Waals surface area contributed by atoms with Crippen molar-refractivity contribution in [2.75, 3.05) is 11.3 Å². The van der Waals surface area contributed by atoms with Crippen LogP contribution in [0.5, 0.6) is 0 Å². The van der Waals surface area contributed by atoms with Gasteiger partial charge < -0.3 is 10.3 Å². The minimum atomic E-state index is -3.45. The first-order valence-corrected chi connectivity index (χ1v) is 13.8. The molecule has 0 aliphatic carbocycles. The average molecular weight is 578 g/mol. The Kier molecular flexibility index (Phi) is 7.80. The molecular formula is C26H23Cl2F2N5O2S. The lowest BCUT2D eigenvalue weighted by atomic mass is 10.0. The Balaban J connectivity index is 1.93. The topological polar surface area (TPSA) is 107 Å². The lowest BCUT2D eigenvalue weighted by Crippen LogP contribution is -2.31. The predicted octanol–water partition coefficient (Wildman–Crippen LogP) is 6.13. The van der Waals surface area contributed by atoms with E-state index in [9.17, 15) is 17.2 Å². The molecule has 0 radical (unpaired) electrons. The van der Waals surface area contributed by atoms with Crippen LogP contribution >= 0.6 is 23.2 Å². The Hall–Kier alpha value is -3.44. The second kappa shape index (κ2) is 10.7. The van der Waals surface area contributed by atoms with Crippen molar-refractivity contribution >= 4 is 44.4 Å². The molecule has 0 aliphatic heterocycles. The first kappa shape index (κ1) is 27.6. The van der Waals surface area contributed by atoms with Gasteiger partial charge in [-0.1, -0.05) is 41.4 Å². The number of imidazole rings is 1. The number of hydrogen-bond donors (Lipinski definition) is 2. The fraction of sp³-hybridized carbons (Fsp3) is 0.115. The highest BCUT2D eigenvalue weighted by Crippen LogP contribution is 2.37. The van der Waals surface area contributed by atoms with Gasteiger partial charge in [-0.3, -0.25) is 5.01 Å². The number of halogens is 4. The zero-order valence-corrected chi connectivity index (χ0v) is 22.6. The first-order valence-electron chi connectivity index (χ1n) is 11.1. The normalized spacial score (nSPS) is 12.3. The molecule has 4 rings (SSSR count). The molecule has 0 spiro atoms. The Bertz CT molecular complexity index is 1660. The average Bonchev–Trinajstić information content (AvgIpc) is 3.26. The van der Waals surface area contributed by atoms with Gasteiger partial charge in [-0.05, 0) is 60.5 Å². The van der Waals surface area contributed by atoms with Crippen LogP contribution in [0, 0.1) is 6.92 Å². The highest BCUT2D eigenvalue weighted by Gasteiger charge is 2.22. The molecule has 0 aliphatic rings. The van der Waals surface area contributed by atoms with E-state index in [1.54, 1.807) is 61.5 Å². The van der Waals surface area contributed by atoms with Crippen LogP contribution in [0.15, 0.2) is 78.0 Å². The minimum absolute atomic E-state index is 0.146. The van der Waals surface area contributed by atoms with Gasteiger partial charge in [0.25, 0.3) is 6.43 Å². The monoisotopic (exact) mass is 577 g/mol. The lowest BCUT2D eigenvalue weighted by molar-refractivity contribution is 0.146. The maximum absolute atomic E-state index is 13.4. The van der Waals surface area contributed by atoms with E-state index in [0.29, 0.717) is 49.6 Å². The summed E-state index contributed by atoms with van der Waals surface area (Å²) in [5, 5.41) is 1.98. The minimum Gasteiger partial charge on any atom is -0.403 e. The molecule has 4 aromatic rings. The van der Waals surface area contributed by atoms with Gasteiger partial charge in [0.05, 0.1) is 27.0 Å². The summed E-state index contributed by atoms with van der Waals surface area (Å²) in [7, 11) is -3.45. The predicted molar refractivity (Wildman–Crippen MR) is 147 cm³/mol. The molecule has 7 nitrogen and oxygen atoms in total. The summed E-state index contributed by atoms with van der Waals surface area (Å²) in [5.41, 5.74) is 8.37. The Morgan fingerprint density at radius 1 is 1.08 bits per heavy atom. The molecule has 1 heterocycles. The molecule has 38 heavy (non-hydrogen) atoms. The second-order valence-electron chi connectivity index (χ2n) is 8.43. The van der Waals surface area contributed by atoms with Gasteiger partial charge in [0.1, 0.15) is 11.5 Å². The van der Waals surface area contributed by atoms with Crippen LogP contribution in [0.2, 0.25) is 10.0 Å². The van der Waals surface area contributed by atoms with E-state index in [-0.39, 0.29) is 4.90 Å². The molecule has 0 unspecified atom stereocenters. The van der Waals surface area contributed by atoms with Crippen molar-refractivity contribution in [3.8, 4) is 16.8 Å². The van der Waals surface area contributed by atoms with Crippen molar-refractivity contribution in [3.63, 3.8) is 0 Å². The third kappa shape index (κ3) is 5.53. The molecule has 3 aromatic carbocycles. The largest absolute Gasteiger partial charge is 0.403 e. The molecule has 0 saturated heterocycles. The van der Waals surface area contributed by atoms with Crippen molar-refractivity contribution in [3.05, 3.63) is 100 Å². The molecule has 4 N–H and O–H groups in total. The molecule has 0 saturated carbocycles. The third-order valence-corrected chi connectivity index (χ3v) is 7.50. The fourth-order valence-corrected chi connectivity index (χ4v) is 5.15. The van der Waals surface area contributed by atoms with E-state index in [1.165, 1.54) is 28.0 Å². The van der Waals surface area contributed by atoms with Crippen LogP contribution in [0.1, 0.15) is 23.5 Å². The number of aryl methyl sites for hydroxylation is 1. The van der Waals surface area contributed by atoms with Crippen molar-refractivity contribution < 1.29 is 17.2 Å². The summed E-state index contributed by atoms with van der Waals surface area (Å²) in [6.45, 7) is 1.59. The quantitative estimate of drug-likeness (QED) is 0.202. The summed E-state index contributed by atoms with van der Waals surface area (Å²) in [4.78, 5) is 4.11. The van der Waals surface area contributed by atoms with E-state index in [0.717, 1.165) is 6.26 Å². The van der Waals surface area contributed by atoms with Gasteiger partial charge in [-0.2, -0.15) is 0 Å². The van der Waals surface area contributed by atoms with Crippen LogP contribution in [0.3, 0.4) is 0 Å². The van der Waals surface area contributed by atoms with E-state index >= 15 is 0 Å². The number of nitrogens with zero attached hydrogens (tertiary/aromatic N) is 3. The molecule has 0 amide bonds. The van der Waals surface area contributed by atoms with Crippen molar-refractivity contribution in [2.45, 2.75) is 18.2 Å². The molecule has 0 bridgehead atoms. The zero-order chi connectivity index (χ0) is 27.8. The van der Waals surface area contributed by atoms with Crippen molar-refractivity contribution in [1.29, 1.82) is 0 Å². The number of aromatic nitrogens is 2. The highest BCUT2D eigenvalue weighted by atomic mass is 35.5. The van der Waals surface area contributed by atoms with Gasteiger partial charge in [0.15, 0.2) is 9.84 Å². The van der Waals surface area contributed by atoms with Gasteiger partial charge >= 0.3 is 0 Å². The Labute approximate surface area is 228 Å². The number of alkyl halides is 2. The van der Waals surface area contributed by atoms with Crippen LogP contribution in [0.4, 0.5) is 14.5 Å². The van der Waals surface area contributed by atoms with E-state index < -0.39 is 22.0 Å². The first-order chi connectivity index (χ1) is 17.9. The van der Waals surface area contributed by atoms with Gasteiger partial charge in [0.2, 0.25) is 0 Å². The third-order valence-electron chi connectivity index (χ3n) is 5.84. The number of hydrogen-bond acceptors (Lipinski definition) is 6. The molecule has 0 fully saturated rings. The maximum Gasteiger partial charge on any atom is 0.281 e. The number of rotatable bonds is 7. The molecule has 1 aromatic heterocycles. The maximum atomic E-state index is 13.4. The number of nitrogens with two attached hydrogens (primary N) is 2. The SMILES string of the molecule is Cc1nc(C(F)F)cn1-c1ccc(-c2cccc(S(C)(=O)=O)c2)cc1N(N)/C(=C\N)c1ccc(Cl)cc1Cl. The van der Waals surface area contributed by atoms with Crippen LogP contribution in [-0.4, -0.2) is 24.2 Å². The number of benzene rings is 3. The van der Waals surface area contributed by atoms with E-state index in [1.807, 2.05) is 0 Å². The standard InChI is InChI=1S/C26H23Cl2F2N5O2S/c1-15-33-22(26(29)30)14-34(15)23-9-6-17(16-4-3-5-19(10-16)38(2,36)37)11-24(23)35(32)25(13-31)20-8-7-18(27)12-21(20)28/h3-14,26H,31-32H2,1-2H3/b25-13-. The molecule has 12 heteroatoms. The molecule has 198 valence electrons. The van der Waals surface area contributed by atoms with Gasteiger partial charge in [-0.25, -0.2) is 28.0 Å². The number of sulfone groups is 1. The highest BCUT2D eigenvalue weighted by molar-refractivity contribution is 7.90. The summed E-state index contributed by atoms with van der Waals surface area (Å²) in [6.07, 6.45) is 0.857. The molecule has 0 atom stereocenters. The Morgan fingerprint density at radius 2 is 1.79 bits per heavy atom.